The average molecular weight is 402 g/mol. The van der Waals surface area contributed by atoms with Crippen LogP contribution in [-0.2, 0) is 16.1 Å². The van der Waals surface area contributed by atoms with Crippen LogP contribution in [0, 0.1) is 17.3 Å². The molecule has 162 valence electrons. The third-order valence-electron chi connectivity index (χ3n) is 5.01. The van der Waals surface area contributed by atoms with Crippen molar-refractivity contribution in [3.05, 3.63) is 23.8 Å². The highest BCUT2D eigenvalue weighted by molar-refractivity contribution is 5.91. The second-order valence-corrected chi connectivity index (χ2v) is 10.3. The van der Waals surface area contributed by atoms with Crippen LogP contribution in [0.3, 0.4) is 0 Å². The quantitative estimate of drug-likeness (QED) is 0.639. The second kappa shape index (κ2) is 9.64. The molecule has 29 heavy (non-hydrogen) atoms. The molecule has 5 nitrogen and oxygen atoms in total. The molecular formula is C24H39N3O2. The van der Waals surface area contributed by atoms with Crippen LogP contribution in [0.2, 0.25) is 0 Å². The Morgan fingerprint density at radius 3 is 2.34 bits per heavy atom. The summed E-state index contributed by atoms with van der Waals surface area (Å²) in [6, 6.07) is 6.00. The van der Waals surface area contributed by atoms with E-state index >= 15 is 0 Å². The number of hydrogen-bond donors (Lipinski definition) is 1. The van der Waals surface area contributed by atoms with Crippen molar-refractivity contribution in [2.75, 3.05) is 30.9 Å². The number of nitrogens with zero attached hydrogens (tertiary/aromatic N) is 2. The molecule has 1 aliphatic carbocycles. The molecule has 0 atom stereocenters. The zero-order valence-electron chi connectivity index (χ0n) is 19.3. The van der Waals surface area contributed by atoms with E-state index < -0.39 is 0 Å². The molecule has 1 aromatic rings. The fraction of sp³-hybridized carbons (Fsp3) is 0.667. The second-order valence-electron chi connectivity index (χ2n) is 10.3. The Morgan fingerprint density at radius 1 is 1.17 bits per heavy atom. The number of carbonyl (C=O) groups is 2. The van der Waals surface area contributed by atoms with Crippen molar-refractivity contribution in [1.82, 2.24) is 4.90 Å². The van der Waals surface area contributed by atoms with E-state index in [1.807, 2.05) is 51.0 Å². The van der Waals surface area contributed by atoms with Gasteiger partial charge in [-0.2, -0.15) is 0 Å². The van der Waals surface area contributed by atoms with Crippen LogP contribution in [0.5, 0.6) is 0 Å². The van der Waals surface area contributed by atoms with Gasteiger partial charge in [0.2, 0.25) is 11.8 Å². The molecule has 1 fully saturated rings. The Labute approximate surface area is 176 Å². The van der Waals surface area contributed by atoms with Gasteiger partial charge < -0.3 is 15.1 Å². The van der Waals surface area contributed by atoms with E-state index in [-0.39, 0.29) is 17.2 Å². The first-order valence-electron chi connectivity index (χ1n) is 10.8. The van der Waals surface area contributed by atoms with Crippen LogP contribution in [0.1, 0.15) is 65.9 Å². The van der Waals surface area contributed by atoms with Crippen LogP contribution >= 0.6 is 0 Å². The first-order valence-corrected chi connectivity index (χ1v) is 10.8. The Morgan fingerprint density at radius 2 is 1.83 bits per heavy atom. The maximum Gasteiger partial charge on any atom is 0.224 e. The van der Waals surface area contributed by atoms with Crippen molar-refractivity contribution in [3.63, 3.8) is 0 Å². The molecule has 1 aliphatic rings. The van der Waals surface area contributed by atoms with E-state index in [1.165, 1.54) is 12.8 Å². The predicted octanol–water partition coefficient (Wildman–Crippen LogP) is 4.91. The summed E-state index contributed by atoms with van der Waals surface area (Å²) in [4.78, 5) is 29.3. The molecule has 5 heteroatoms. The zero-order chi connectivity index (χ0) is 21.8. The summed E-state index contributed by atoms with van der Waals surface area (Å²) in [6.45, 7) is 11.8. The highest BCUT2D eigenvalue weighted by Crippen LogP contribution is 2.33. The average Bonchev–Trinajstić information content (AvgIpc) is 3.35. The molecule has 0 aliphatic heterocycles. The maximum absolute atomic E-state index is 13.0. The zero-order valence-corrected chi connectivity index (χ0v) is 19.3. The van der Waals surface area contributed by atoms with Crippen LogP contribution < -0.4 is 10.2 Å². The lowest BCUT2D eigenvalue weighted by atomic mass is 9.91. The highest BCUT2D eigenvalue weighted by Gasteiger charge is 2.29. The van der Waals surface area contributed by atoms with Crippen LogP contribution in [0.25, 0.3) is 0 Å². The van der Waals surface area contributed by atoms with Crippen LogP contribution in [-0.4, -0.2) is 37.4 Å². The van der Waals surface area contributed by atoms with Crippen molar-refractivity contribution in [3.8, 4) is 0 Å². The SMILES string of the molecule is CC(C)CC(=O)Nc1ccc(N(C)C)c(CN(CC2CC2)C(=O)CC(C)(C)C)c1. The van der Waals surface area contributed by atoms with E-state index in [0.29, 0.717) is 31.2 Å². The highest BCUT2D eigenvalue weighted by atomic mass is 16.2. The van der Waals surface area contributed by atoms with Gasteiger partial charge in [-0.3, -0.25) is 9.59 Å². The lowest BCUT2D eigenvalue weighted by Gasteiger charge is -2.29. The molecule has 0 spiro atoms. The van der Waals surface area contributed by atoms with Gasteiger partial charge in [-0.1, -0.05) is 34.6 Å². The molecule has 0 saturated heterocycles. The van der Waals surface area contributed by atoms with Gasteiger partial charge in [0.25, 0.3) is 0 Å². The van der Waals surface area contributed by atoms with Gasteiger partial charge >= 0.3 is 0 Å². The molecule has 0 radical (unpaired) electrons. The molecule has 2 rings (SSSR count). The number of amides is 2. The maximum atomic E-state index is 13.0. The monoisotopic (exact) mass is 401 g/mol. The van der Waals surface area contributed by atoms with Gasteiger partial charge in [0.1, 0.15) is 0 Å². The molecule has 1 N–H and O–H groups in total. The first kappa shape index (κ1) is 23.2. The summed E-state index contributed by atoms with van der Waals surface area (Å²) >= 11 is 0. The van der Waals surface area contributed by atoms with Crippen molar-refractivity contribution in [1.29, 1.82) is 0 Å². The van der Waals surface area contributed by atoms with Gasteiger partial charge in [0, 0.05) is 51.4 Å². The summed E-state index contributed by atoms with van der Waals surface area (Å²) in [5.41, 5.74) is 2.91. The lowest BCUT2D eigenvalue weighted by Crippen LogP contribution is -2.35. The molecule has 0 unspecified atom stereocenters. The molecule has 1 aromatic carbocycles. The first-order chi connectivity index (χ1) is 13.4. The third-order valence-corrected chi connectivity index (χ3v) is 5.01. The lowest BCUT2D eigenvalue weighted by molar-refractivity contribution is -0.134. The van der Waals surface area contributed by atoms with Crippen molar-refractivity contribution in [2.24, 2.45) is 17.3 Å². The van der Waals surface area contributed by atoms with E-state index in [0.717, 1.165) is 23.5 Å². The topological polar surface area (TPSA) is 52.7 Å². The summed E-state index contributed by atoms with van der Waals surface area (Å²) in [5.74, 6) is 1.20. The van der Waals surface area contributed by atoms with E-state index in [9.17, 15) is 9.59 Å². The van der Waals surface area contributed by atoms with Crippen LogP contribution in [0.4, 0.5) is 11.4 Å². The molecule has 0 aromatic heterocycles. The largest absolute Gasteiger partial charge is 0.377 e. The van der Waals surface area contributed by atoms with Crippen LogP contribution in [0.15, 0.2) is 18.2 Å². The van der Waals surface area contributed by atoms with Gasteiger partial charge in [-0.05, 0) is 53.9 Å². The Kier molecular flexibility index (Phi) is 7.73. The Hall–Kier alpha value is -2.04. The van der Waals surface area contributed by atoms with Crippen molar-refractivity contribution in [2.45, 2.75) is 66.8 Å². The van der Waals surface area contributed by atoms with Gasteiger partial charge in [-0.15, -0.1) is 0 Å². The molecule has 2 amide bonds. The van der Waals surface area contributed by atoms with E-state index in [1.54, 1.807) is 0 Å². The summed E-state index contributed by atoms with van der Waals surface area (Å²) in [7, 11) is 4.02. The number of hydrogen-bond acceptors (Lipinski definition) is 3. The van der Waals surface area contributed by atoms with Gasteiger partial charge in [0.15, 0.2) is 0 Å². The summed E-state index contributed by atoms with van der Waals surface area (Å²) < 4.78 is 0. The number of nitrogens with one attached hydrogen (secondary N) is 1. The number of carbonyl (C=O) groups excluding carboxylic acids is 2. The Balaban J connectivity index is 2.23. The smallest absolute Gasteiger partial charge is 0.224 e. The fourth-order valence-electron chi connectivity index (χ4n) is 3.45. The number of benzene rings is 1. The molecule has 1 saturated carbocycles. The molecule has 0 heterocycles. The molecule has 0 bridgehead atoms. The number of rotatable bonds is 9. The van der Waals surface area contributed by atoms with Gasteiger partial charge in [-0.25, -0.2) is 0 Å². The van der Waals surface area contributed by atoms with Crippen molar-refractivity contribution < 1.29 is 9.59 Å². The fourth-order valence-corrected chi connectivity index (χ4v) is 3.45. The van der Waals surface area contributed by atoms with Gasteiger partial charge in [0.05, 0.1) is 0 Å². The molecular weight excluding hydrogens is 362 g/mol. The van der Waals surface area contributed by atoms with Crippen molar-refractivity contribution >= 4 is 23.2 Å². The predicted molar refractivity (Wildman–Crippen MR) is 121 cm³/mol. The minimum Gasteiger partial charge on any atom is -0.377 e. The summed E-state index contributed by atoms with van der Waals surface area (Å²) in [5, 5.41) is 3.01. The minimum absolute atomic E-state index is 0.0298. The van der Waals surface area contributed by atoms with E-state index in [2.05, 4.69) is 31.0 Å². The normalized spacial score (nSPS) is 14.1. The summed E-state index contributed by atoms with van der Waals surface area (Å²) in [6.07, 6.45) is 3.47. The van der Waals surface area contributed by atoms with E-state index in [4.69, 9.17) is 0 Å². The minimum atomic E-state index is -0.0318. The standard InChI is InChI=1S/C24H39N3O2/c1-17(2)12-22(28)25-20-10-11-21(26(6)7)19(13-20)16-27(15-18-8-9-18)23(29)14-24(3,4)5/h10-11,13,17-18H,8-9,12,14-16H2,1-7H3,(H,25,28). The number of anilines is 2. The third kappa shape index (κ3) is 8.08. The Bertz CT molecular complexity index is 715.